The van der Waals surface area contributed by atoms with Crippen LogP contribution in [0.25, 0.3) is 10.9 Å². The first-order valence-electron chi connectivity index (χ1n) is 10.4. The third-order valence-electron chi connectivity index (χ3n) is 5.75. The number of carboxylic acids is 1. The van der Waals surface area contributed by atoms with E-state index >= 15 is 0 Å². The van der Waals surface area contributed by atoms with Gasteiger partial charge in [-0.3, -0.25) is 9.59 Å². The first kappa shape index (κ1) is 22.1. The first-order chi connectivity index (χ1) is 14.8. The Kier molecular flexibility index (Phi) is 6.45. The van der Waals surface area contributed by atoms with E-state index in [0.29, 0.717) is 12.8 Å². The summed E-state index contributed by atoms with van der Waals surface area (Å²) in [5.74, 6) is -1.19. The molecule has 1 aromatic heterocycles. The zero-order chi connectivity index (χ0) is 22.6. The predicted octanol–water partition coefficient (Wildman–Crippen LogP) is 4.55. The van der Waals surface area contributed by atoms with Crippen molar-refractivity contribution in [3.63, 3.8) is 0 Å². The largest absolute Gasteiger partial charge is 0.480 e. The summed E-state index contributed by atoms with van der Waals surface area (Å²) in [6.45, 7) is 3.72. The van der Waals surface area contributed by atoms with Gasteiger partial charge in [0.2, 0.25) is 5.91 Å². The number of para-hydroxylation sites is 2. The number of aliphatic carboxylic acids is 1. The number of fused-ring (bicyclic) bond motifs is 1. The fraction of sp³-hybridized carbons (Fsp3) is 0.320. The minimum Gasteiger partial charge on any atom is -0.480 e. The Balaban J connectivity index is 2.06. The number of aryl methyl sites for hydroxylation is 1. The van der Waals surface area contributed by atoms with Crippen molar-refractivity contribution >= 4 is 28.5 Å². The molecule has 1 atom stereocenters. The minimum atomic E-state index is -1.25. The highest BCUT2D eigenvalue weighted by atomic mass is 16.4. The Morgan fingerprint density at radius 1 is 1.16 bits per heavy atom. The smallest absolute Gasteiger partial charge is 0.323 e. The van der Waals surface area contributed by atoms with Crippen molar-refractivity contribution in [1.29, 1.82) is 5.26 Å². The summed E-state index contributed by atoms with van der Waals surface area (Å²) in [6, 6.07) is 17.4. The molecule has 0 radical (unpaired) electrons. The van der Waals surface area contributed by atoms with Crippen LogP contribution in [0.3, 0.4) is 0 Å². The molecule has 3 aromatic rings. The summed E-state index contributed by atoms with van der Waals surface area (Å²) >= 11 is 0. The lowest BCUT2D eigenvalue weighted by Crippen LogP contribution is -2.43. The Hall–Kier alpha value is -3.59. The molecule has 0 aliphatic carbocycles. The van der Waals surface area contributed by atoms with Crippen LogP contribution in [-0.4, -0.2) is 28.6 Å². The van der Waals surface area contributed by atoms with Gasteiger partial charge in [-0.15, -0.1) is 0 Å². The number of aromatic nitrogens is 1. The van der Waals surface area contributed by atoms with Crippen molar-refractivity contribution in [3.8, 4) is 6.07 Å². The van der Waals surface area contributed by atoms with E-state index in [4.69, 9.17) is 0 Å². The lowest BCUT2D eigenvalue weighted by molar-refractivity contribution is -0.137. The van der Waals surface area contributed by atoms with Crippen molar-refractivity contribution in [3.05, 3.63) is 65.9 Å². The van der Waals surface area contributed by atoms with E-state index in [0.717, 1.165) is 27.7 Å². The number of carbonyl (C=O) groups excluding carboxylic acids is 1. The van der Waals surface area contributed by atoms with E-state index < -0.39 is 11.4 Å². The summed E-state index contributed by atoms with van der Waals surface area (Å²) in [4.78, 5) is 26.6. The van der Waals surface area contributed by atoms with Crippen molar-refractivity contribution in [1.82, 2.24) is 4.57 Å². The molecule has 160 valence electrons. The molecule has 1 amide bonds. The molecule has 3 rings (SSSR count). The minimum absolute atomic E-state index is 0.176. The van der Waals surface area contributed by atoms with E-state index in [1.165, 1.54) is 0 Å². The highest BCUT2D eigenvalue weighted by Gasteiger charge is 2.41. The van der Waals surface area contributed by atoms with Gasteiger partial charge in [-0.25, -0.2) is 0 Å². The number of carbonyl (C=O) groups is 2. The molecule has 1 unspecified atom stereocenters. The molecule has 0 aliphatic heterocycles. The summed E-state index contributed by atoms with van der Waals surface area (Å²) in [6.07, 6.45) is 3.08. The van der Waals surface area contributed by atoms with Crippen molar-refractivity contribution in [2.45, 2.75) is 39.7 Å². The van der Waals surface area contributed by atoms with Crippen LogP contribution in [0.1, 0.15) is 30.9 Å². The number of amides is 1. The van der Waals surface area contributed by atoms with Crippen LogP contribution in [-0.2, 0) is 22.6 Å². The molecular formula is C25H27N3O3. The van der Waals surface area contributed by atoms with Crippen LogP contribution in [0, 0.1) is 23.7 Å². The quantitative estimate of drug-likeness (QED) is 0.582. The molecule has 6 nitrogen and oxygen atoms in total. The van der Waals surface area contributed by atoms with Gasteiger partial charge in [-0.2, -0.15) is 5.26 Å². The summed E-state index contributed by atoms with van der Waals surface area (Å²) < 4.78 is 1.66. The maximum atomic E-state index is 13.7. The molecule has 6 heteroatoms. The van der Waals surface area contributed by atoms with Gasteiger partial charge in [-0.1, -0.05) is 49.7 Å². The van der Waals surface area contributed by atoms with Crippen LogP contribution < -0.4 is 4.90 Å². The van der Waals surface area contributed by atoms with Gasteiger partial charge in [0.05, 0.1) is 6.07 Å². The SMILES string of the molecule is CCCC(C#N)(Cc1cn(CC(=O)O)c2ccccc12)C(=O)N(C)c1ccccc1C. The van der Waals surface area contributed by atoms with Crippen LogP contribution in [0.4, 0.5) is 5.69 Å². The van der Waals surface area contributed by atoms with Crippen LogP contribution >= 0.6 is 0 Å². The average Bonchev–Trinajstić information content (AvgIpc) is 3.09. The summed E-state index contributed by atoms with van der Waals surface area (Å²) in [7, 11) is 1.71. The maximum Gasteiger partial charge on any atom is 0.323 e. The number of anilines is 1. The van der Waals surface area contributed by atoms with Gasteiger partial charge in [-0.05, 0) is 36.6 Å². The van der Waals surface area contributed by atoms with Gasteiger partial charge in [0.1, 0.15) is 12.0 Å². The molecule has 0 fully saturated rings. The van der Waals surface area contributed by atoms with Crippen LogP contribution in [0.15, 0.2) is 54.7 Å². The number of hydrogen-bond donors (Lipinski definition) is 1. The van der Waals surface area contributed by atoms with Crippen LogP contribution in [0.2, 0.25) is 0 Å². The van der Waals surface area contributed by atoms with E-state index in [9.17, 15) is 20.0 Å². The van der Waals surface area contributed by atoms with Gasteiger partial charge < -0.3 is 14.6 Å². The Morgan fingerprint density at radius 2 is 1.84 bits per heavy atom. The topological polar surface area (TPSA) is 86.3 Å². The molecule has 0 bridgehead atoms. The molecule has 0 saturated heterocycles. The average molecular weight is 418 g/mol. The molecular weight excluding hydrogens is 390 g/mol. The zero-order valence-corrected chi connectivity index (χ0v) is 18.1. The Bertz CT molecular complexity index is 1160. The third kappa shape index (κ3) is 4.31. The maximum absolute atomic E-state index is 13.7. The second kappa shape index (κ2) is 9.05. The number of nitriles is 1. The lowest BCUT2D eigenvalue weighted by Gasteiger charge is -2.31. The van der Waals surface area contributed by atoms with Crippen molar-refractivity contribution in [2.75, 3.05) is 11.9 Å². The highest BCUT2D eigenvalue weighted by molar-refractivity contribution is 6.00. The molecule has 1 N–H and O–H groups in total. The molecule has 0 aliphatic rings. The van der Waals surface area contributed by atoms with Gasteiger partial charge in [0, 0.05) is 36.3 Å². The number of hydrogen-bond acceptors (Lipinski definition) is 3. The Morgan fingerprint density at radius 3 is 2.48 bits per heavy atom. The first-order valence-corrected chi connectivity index (χ1v) is 10.4. The number of rotatable bonds is 8. The monoisotopic (exact) mass is 417 g/mol. The Labute approximate surface area is 182 Å². The second-order valence-electron chi connectivity index (χ2n) is 7.96. The van der Waals surface area contributed by atoms with E-state index in [2.05, 4.69) is 6.07 Å². The summed E-state index contributed by atoms with van der Waals surface area (Å²) in [5, 5.41) is 20.4. The van der Waals surface area contributed by atoms with E-state index in [1.807, 2.05) is 62.4 Å². The summed E-state index contributed by atoms with van der Waals surface area (Å²) in [5.41, 5.74) is 2.07. The normalized spacial score (nSPS) is 12.8. The molecule has 0 saturated carbocycles. The zero-order valence-electron chi connectivity index (χ0n) is 18.1. The fourth-order valence-electron chi connectivity index (χ4n) is 4.28. The van der Waals surface area contributed by atoms with E-state index in [1.54, 1.807) is 22.7 Å². The fourth-order valence-corrected chi connectivity index (χ4v) is 4.28. The molecule has 1 heterocycles. The number of benzene rings is 2. The molecule has 0 spiro atoms. The molecule has 2 aromatic carbocycles. The van der Waals surface area contributed by atoms with E-state index in [-0.39, 0.29) is 18.9 Å². The number of nitrogens with zero attached hydrogens (tertiary/aromatic N) is 3. The molecule has 31 heavy (non-hydrogen) atoms. The van der Waals surface area contributed by atoms with Gasteiger partial charge in [0.15, 0.2) is 0 Å². The van der Waals surface area contributed by atoms with Gasteiger partial charge in [0.25, 0.3) is 0 Å². The van der Waals surface area contributed by atoms with Gasteiger partial charge >= 0.3 is 5.97 Å². The lowest BCUT2D eigenvalue weighted by atomic mass is 9.77. The second-order valence-corrected chi connectivity index (χ2v) is 7.96. The standard InChI is InChI=1S/C25H27N3O3/c1-4-13-25(17-26,24(31)27(3)21-11-7-5-9-18(21)2)14-19-15-28(16-23(29)30)22-12-8-6-10-20(19)22/h5-12,15H,4,13-14,16H2,1-3H3,(H,29,30). The third-order valence-corrected chi connectivity index (χ3v) is 5.75. The van der Waals surface area contributed by atoms with Crippen LogP contribution in [0.5, 0.6) is 0 Å². The predicted molar refractivity (Wildman–Crippen MR) is 121 cm³/mol. The van der Waals surface area contributed by atoms with Crippen molar-refractivity contribution in [2.24, 2.45) is 5.41 Å². The number of carboxylic acid groups (broad SMARTS) is 1. The highest BCUT2D eigenvalue weighted by Crippen LogP contribution is 2.35. The van der Waals surface area contributed by atoms with Crippen molar-refractivity contribution < 1.29 is 14.7 Å².